The quantitative estimate of drug-likeness (QED) is 0.244. The van der Waals surface area contributed by atoms with Gasteiger partial charge in [0.05, 0.1) is 17.5 Å². The van der Waals surface area contributed by atoms with Gasteiger partial charge < -0.3 is 15.4 Å². The number of amides is 2. The SMILES string of the molecule is C=C(C)C(=O)NCC(=O)NCC(=O)Oc1cccc([N+](=O)[O-])c1. The molecule has 0 radical (unpaired) electrons. The van der Waals surface area contributed by atoms with Crippen molar-refractivity contribution in [3.05, 3.63) is 46.5 Å². The summed E-state index contributed by atoms with van der Waals surface area (Å²) < 4.78 is 4.86. The molecule has 1 rings (SSSR count). The van der Waals surface area contributed by atoms with Crippen molar-refractivity contribution in [1.82, 2.24) is 10.6 Å². The zero-order chi connectivity index (χ0) is 17.4. The maximum absolute atomic E-state index is 11.5. The van der Waals surface area contributed by atoms with Crippen LogP contribution in [-0.4, -0.2) is 35.8 Å². The highest BCUT2D eigenvalue weighted by atomic mass is 16.6. The third-order valence-electron chi connectivity index (χ3n) is 2.49. The molecule has 0 aliphatic carbocycles. The van der Waals surface area contributed by atoms with E-state index in [0.29, 0.717) is 0 Å². The Morgan fingerprint density at radius 1 is 1.26 bits per heavy atom. The second-order valence-electron chi connectivity index (χ2n) is 4.47. The van der Waals surface area contributed by atoms with Crippen LogP contribution in [0, 0.1) is 10.1 Å². The van der Waals surface area contributed by atoms with Crippen molar-refractivity contribution in [3.63, 3.8) is 0 Å². The van der Waals surface area contributed by atoms with Crippen LogP contribution in [0.25, 0.3) is 0 Å². The fraction of sp³-hybridized carbons (Fsp3) is 0.214. The molecule has 2 amide bonds. The second-order valence-corrected chi connectivity index (χ2v) is 4.47. The zero-order valence-electron chi connectivity index (χ0n) is 12.3. The van der Waals surface area contributed by atoms with Crippen LogP contribution in [0.1, 0.15) is 6.92 Å². The summed E-state index contributed by atoms with van der Waals surface area (Å²) in [5.41, 5.74) is 0.0322. The zero-order valence-corrected chi connectivity index (χ0v) is 12.3. The molecule has 0 fully saturated rings. The van der Waals surface area contributed by atoms with Gasteiger partial charge in [-0.1, -0.05) is 12.6 Å². The van der Waals surface area contributed by atoms with Crippen molar-refractivity contribution in [2.24, 2.45) is 0 Å². The number of nitro groups is 1. The molecule has 0 aliphatic heterocycles. The van der Waals surface area contributed by atoms with Crippen molar-refractivity contribution in [3.8, 4) is 5.75 Å². The first-order valence-corrected chi connectivity index (χ1v) is 6.45. The van der Waals surface area contributed by atoms with Crippen LogP contribution >= 0.6 is 0 Å². The Bertz CT molecular complexity index is 656. The monoisotopic (exact) mass is 321 g/mol. The third kappa shape index (κ3) is 6.38. The van der Waals surface area contributed by atoms with E-state index >= 15 is 0 Å². The number of hydrogen-bond donors (Lipinski definition) is 2. The van der Waals surface area contributed by atoms with E-state index in [1.807, 2.05) is 0 Å². The number of carbonyl (C=O) groups excluding carboxylic acids is 3. The molecule has 0 saturated heterocycles. The summed E-state index contributed by atoms with van der Waals surface area (Å²) in [4.78, 5) is 44.1. The van der Waals surface area contributed by atoms with Gasteiger partial charge in [-0.25, -0.2) is 4.79 Å². The van der Waals surface area contributed by atoms with Gasteiger partial charge in [0.25, 0.3) is 5.69 Å². The van der Waals surface area contributed by atoms with Crippen molar-refractivity contribution in [1.29, 1.82) is 0 Å². The Balaban J connectivity index is 2.41. The van der Waals surface area contributed by atoms with Gasteiger partial charge in [-0.05, 0) is 13.0 Å². The lowest BCUT2D eigenvalue weighted by atomic mass is 10.3. The van der Waals surface area contributed by atoms with E-state index in [4.69, 9.17) is 4.74 Å². The lowest BCUT2D eigenvalue weighted by Crippen LogP contribution is -2.40. The Morgan fingerprint density at radius 3 is 2.57 bits per heavy atom. The fourth-order valence-electron chi connectivity index (χ4n) is 1.37. The van der Waals surface area contributed by atoms with Crippen LogP contribution in [0.4, 0.5) is 5.69 Å². The van der Waals surface area contributed by atoms with Crippen molar-refractivity contribution in [2.75, 3.05) is 13.1 Å². The van der Waals surface area contributed by atoms with E-state index in [-0.39, 0.29) is 23.6 Å². The normalized spacial score (nSPS) is 9.61. The molecule has 0 unspecified atom stereocenters. The molecule has 0 bridgehead atoms. The third-order valence-corrected chi connectivity index (χ3v) is 2.49. The van der Waals surface area contributed by atoms with Crippen LogP contribution in [0.3, 0.4) is 0 Å². The van der Waals surface area contributed by atoms with E-state index in [0.717, 1.165) is 6.07 Å². The number of nitrogens with zero attached hydrogens (tertiary/aromatic N) is 1. The summed E-state index contributed by atoms with van der Waals surface area (Å²) in [6.07, 6.45) is 0. The molecule has 122 valence electrons. The molecule has 9 heteroatoms. The molecule has 0 atom stereocenters. The lowest BCUT2D eigenvalue weighted by Gasteiger charge is -2.07. The van der Waals surface area contributed by atoms with Crippen LogP contribution in [0.15, 0.2) is 36.4 Å². The number of benzene rings is 1. The molecule has 2 N–H and O–H groups in total. The minimum absolute atomic E-state index is 0.00552. The first-order chi connectivity index (χ1) is 10.8. The molecule has 0 aromatic heterocycles. The van der Waals surface area contributed by atoms with Gasteiger partial charge in [-0.2, -0.15) is 0 Å². The molecular formula is C14H15N3O6. The average Bonchev–Trinajstić information content (AvgIpc) is 2.50. The first-order valence-electron chi connectivity index (χ1n) is 6.45. The van der Waals surface area contributed by atoms with Gasteiger partial charge in [0, 0.05) is 11.6 Å². The molecule has 0 spiro atoms. The Morgan fingerprint density at radius 2 is 1.96 bits per heavy atom. The van der Waals surface area contributed by atoms with Gasteiger partial charge >= 0.3 is 5.97 Å². The highest BCUT2D eigenvalue weighted by Gasteiger charge is 2.12. The first kappa shape index (κ1) is 17.8. The number of hydrogen-bond acceptors (Lipinski definition) is 6. The van der Waals surface area contributed by atoms with Crippen LogP contribution in [0.5, 0.6) is 5.75 Å². The Kier molecular flexibility index (Phi) is 6.41. The number of esters is 1. The van der Waals surface area contributed by atoms with Crippen molar-refractivity contribution >= 4 is 23.5 Å². The van der Waals surface area contributed by atoms with Crippen molar-refractivity contribution in [2.45, 2.75) is 6.92 Å². The van der Waals surface area contributed by atoms with E-state index in [1.165, 1.54) is 25.1 Å². The minimum Gasteiger partial charge on any atom is -0.425 e. The van der Waals surface area contributed by atoms with E-state index in [9.17, 15) is 24.5 Å². The second kappa shape index (κ2) is 8.27. The lowest BCUT2D eigenvalue weighted by molar-refractivity contribution is -0.384. The minimum atomic E-state index is -0.801. The highest BCUT2D eigenvalue weighted by molar-refractivity contribution is 5.95. The summed E-state index contributed by atoms with van der Waals surface area (Å²) in [5, 5.41) is 15.1. The van der Waals surface area contributed by atoms with E-state index < -0.39 is 29.3 Å². The number of non-ortho nitro benzene ring substituents is 1. The number of carbonyl (C=O) groups is 3. The maximum atomic E-state index is 11.5. The maximum Gasteiger partial charge on any atom is 0.330 e. The van der Waals surface area contributed by atoms with Gasteiger partial charge in [0.2, 0.25) is 11.8 Å². The van der Waals surface area contributed by atoms with Crippen LogP contribution in [0.2, 0.25) is 0 Å². The summed E-state index contributed by atoms with van der Waals surface area (Å²) in [6, 6.07) is 5.09. The predicted molar refractivity (Wildman–Crippen MR) is 79.6 cm³/mol. The van der Waals surface area contributed by atoms with Crippen molar-refractivity contribution < 1.29 is 24.0 Å². The molecule has 1 aromatic rings. The van der Waals surface area contributed by atoms with Gasteiger partial charge in [-0.3, -0.25) is 19.7 Å². The van der Waals surface area contributed by atoms with Gasteiger partial charge in [0.15, 0.2) is 0 Å². The number of rotatable bonds is 7. The standard InChI is InChI=1S/C14H15N3O6/c1-9(2)14(20)16-7-12(18)15-8-13(19)23-11-5-3-4-10(6-11)17(21)22/h3-6H,1,7-8H2,2H3,(H,15,18)(H,16,20). The average molecular weight is 321 g/mol. The highest BCUT2D eigenvalue weighted by Crippen LogP contribution is 2.18. The fourth-order valence-corrected chi connectivity index (χ4v) is 1.37. The summed E-state index contributed by atoms with van der Waals surface area (Å²) in [5.74, 6) is -1.87. The van der Waals surface area contributed by atoms with Gasteiger partial charge in [0.1, 0.15) is 12.3 Å². The molecule has 23 heavy (non-hydrogen) atoms. The molecule has 1 aromatic carbocycles. The van der Waals surface area contributed by atoms with E-state index in [1.54, 1.807) is 0 Å². The summed E-state index contributed by atoms with van der Waals surface area (Å²) in [6.45, 7) is 4.15. The molecule has 0 heterocycles. The largest absolute Gasteiger partial charge is 0.425 e. The topological polar surface area (TPSA) is 128 Å². The predicted octanol–water partition coefficient (Wildman–Crippen LogP) is 0.309. The van der Waals surface area contributed by atoms with Crippen LogP contribution in [-0.2, 0) is 14.4 Å². The molecular weight excluding hydrogens is 306 g/mol. The number of nitro benzene ring substituents is 1. The van der Waals surface area contributed by atoms with E-state index in [2.05, 4.69) is 17.2 Å². The Labute approximate surface area is 131 Å². The molecule has 0 aliphatic rings. The molecule has 0 saturated carbocycles. The summed E-state index contributed by atoms with van der Waals surface area (Å²) in [7, 11) is 0. The number of nitrogens with one attached hydrogen (secondary N) is 2. The van der Waals surface area contributed by atoms with Crippen LogP contribution < -0.4 is 15.4 Å². The Hall–Kier alpha value is -3.23. The smallest absolute Gasteiger partial charge is 0.330 e. The van der Waals surface area contributed by atoms with Gasteiger partial charge in [-0.15, -0.1) is 0 Å². The summed E-state index contributed by atoms with van der Waals surface area (Å²) >= 11 is 0. The number of ether oxygens (including phenoxy) is 1. The molecule has 9 nitrogen and oxygen atoms in total.